The van der Waals surface area contributed by atoms with Gasteiger partial charge in [0.05, 0.1) is 6.04 Å². The molecule has 0 saturated heterocycles. The molecule has 0 aliphatic rings. The summed E-state index contributed by atoms with van der Waals surface area (Å²) in [7, 11) is 1.80. The van der Waals surface area contributed by atoms with E-state index in [1.807, 2.05) is 13.8 Å². The van der Waals surface area contributed by atoms with Gasteiger partial charge in [0.2, 0.25) is 5.91 Å². The number of carbonyl (C=O) groups is 1. The second kappa shape index (κ2) is 6.55. The average molecular weight is 248 g/mol. The molecule has 0 radical (unpaired) electrons. The summed E-state index contributed by atoms with van der Waals surface area (Å²) >= 11 is 0. The van der Waals surface area contributed by atoms with Crippen LogP contribution in [0.15, 0.2) is 24.3 Å². The highest BCUT2D eigenvalue weighted by Gasteiger charge is 2.20. The van der Waals surface area contributed by atoms with E-state index < -0.39 is 6.04 Å². The van der Waals surface area contributed by atoms with Gasteiger partial charge >= 0.3 is 0 Å². The first-order valence-electron chi connectivity index (χ1n) is 6.54. The first-order valence-corrected chi connectivity index (χ1v) is 6.54. The molecule has 0 spiro atoms. The van der Waals surface area contributed by atoms with Crippen molar-refractivity contribution in [3.63, 3.8) is 0 Å². The van der Waals surface area contributed by atoms with Crippen molar-refractivity contribution >= 4 is 5.91 Å². The van der Waals surface area contributed by atoms with E-state index in [0.29, 0.717) is 6.54 Å². The highest BCUT2D eigenvalue weighted by molar-refractivity contribution is 5.81. The van der Waals surface area contributed by atoms with E-state index in [1.54, 1.807) is 11.9 Å². The molecule has 1 aromatic rings. The minimum absolute atomic E-state index is 0.00423. The molecule has 0 saturated carbocycles. The first-order chi connectivity index (χ1) is 8.45. The van der Waals surface area contributed by atoms with Crippen LogP contribution in [0.4, 0.5) is 0 Å². The molecule has 0 aliphatic heterocycles. The Bertz CT molecular complexity index is 384. The van der Waals surface area contributed by atoms with E-state index in [-0.39, 0.29) is 11.8 Å². The van der Waals surface area contributed by atoms with Gasteiger partial charge in [-0.1, -0.05) is 45.0 Å². The summed E-state index contributed by atoms with van der Waals surface area (Å²) in [5.41, 5.74) is 8.32. The Morgan fingerprint density at radius 3 is 2.17 bits per heavy atom. The minimum atomic E-state index is -0.412. The van der Waals surface area contributed by atoms with Crippen molar-refractivity contribution < 1.29 is 4.79 Å². The summed E-state index contributed by atoms with van der Waals surface area (Å²) < 4.78 is 0. The van der Waals surface area contributed by atoms with Crippen LogP contribution in [0, 0.1) is 5.92 Å². The number of likely N-dealkylation sites (N-methyl/N-ethyl adjacent to an activating group) is 1. The maximum absolute atomic E-state index is 12.0. The maximum Gasteiger partial charge on any atom is 0.239 e. The number of amides is 1. The quantitative estimate of drug-likeness (QED) is 0.868. The van der Waals surface area contributed by atoms with Crippen molar-refractivity contribution in [2.24, 2.45) is 11.7 Å². The minimum Gasteiger partial charge on any atom is -0.340 e. The lowest BCUT2D eigenvalue weighted by atomic mass is 10.0. The van der Waals surface area contributed by atoms with Crippen LogP contribution in [0.1, 0.15) is 31.9 Å². The molecule has 3 heteroatoms. The zero-order chi connectivity index (χ0) is 13.7. The lowest BCUT2D eigenvalue weighted by Gasteiger charge is -2.23. The summed E-state index contributed by atoms with van der Waals surface area (Å²) in [4.78, 5) is 13.7. The van der Waals surface area contributed by atoms with E-state index in [9.17, 15) is 4.79 Å². The second-order valence-corrected chi connectivity index (χ2v) is 5.13. The number of carbonyl (C=O) groups excluding carboxylic acids is 1. The van der Waals surface area contributed by atoms with Gasteiger partial charge in [0.25, 0.3) is 0 Å². The Balaban J connectivity index is 2.63. The lowest BCUT2D eigenvalue weighted by molar-refractivity contribution is -0.132. The van der Waals surface area contributed by atoms with Gasteiger partial charge in [-0.15, -0.1) is 0 Å². The molecule has 100 valence electrons. The van der Waals surface area contributed by atoms with Gasteiger partial charge in [-0.2, -0.15) is 0 Å². The number of benzene rings is 1. The fraction of sp³-hybridized carbons (Fsp3) is 0.533. The van der Waals surface area contributed by atoms with Gasteiger partial charge < -0.3 is 10.6 Å². The summed E-state index contributed by atoms with van der Waals surface area (Å²) in [5, 5.41) is 0. The van der Waals surface area contributed by atoms with Gasteiger partial charge in [0.15, 0.2) is 0 Å². The monoisotopic (exact) mass is 248 g/mol. The van der Waals surface area contributed by atoms with Crippen LogP contribution in [0.3, 0.4) is 0 Å². The maximum atomic E-state index is 12.0. The fourth-order valence-electron chi connectivity index (χ4n) is 1.77. The Labute approximate surface area is 110 Å². The molecular weight excluding hydrogens is 224 g/mol. The molecule has 18 heavy (non-hydrogen) atoms. The fourth-order valence-corrected chi connectivity index (χ4v) is 1.77. The Morgan fingerprint density at radius 1 is 1.22 bits per heavy atom. The largest absolute Gasteiger partial charge is 0.340 e. The van der Waals surface area contributed by atoms with Gasteiger partial charge in [0, 0.05) is 13.6 Å². The molecule has 1 rings (SSSR count). The summed E-state index contributed by atoms with van der Waals surface area (Å²) in [6, 6.07) is 7.95. The Hall–Kier alpha value is -1.35. The summed E-state index contributed by atoms with van der Waals surface area (Å²) in [5.74, 6) is 0.173. The SMILES string of the molecule is CCc1ccc(CN(C)C(=O)C(N)C(C)C)cc1. The lowest BCUT2D eigenvalue weighted by Crippen LogP contribution is -2.44. The second-order valence-electron chi connectivity index (χ2n) is 5.13. The van der Waals surface area contributed by atoms with Crippen LogP contribution in [-0.2, 0) is 17.8 Å². The molecule has 1 atom stereocenters. The molecule has 1 unspecified atom stereocenters. The van der Waals surface area contributed by atoms with Crippen molar-refractivity contribution in [3.8, 4) is 0 Å². The third kappa shape index (κ3) is 3.84. The normalized spacial score (nSPS) is 12.6. The molecule has 1 aromatic carbocycles. The molecule has 0 bridgehead atoms. The molecule has 0 aromatic heterocycles. The van der Waals surface area contributed by atoms with Crippen LogP contribution in [0.2, 0.25) is 0 Å². The molecular formula is C15H24N2O. The third-order valence-electron chi connectivity index (χ3n) is 3.23. The number of nitrogens with zero attached hydrogens (tertiary/aromatic N) is 1. The van der Waals surface area contributed by atoms with E-state index in [1.165, 1.54) is 5.56 Å². The highest BCUT2D eigenvalue weighted by Crippen LogP contribution is 2.09. The van der Waals surface area contributed by atoms with Gasteiger partial charge in [-0.25, -0.2) is 0 Å². The third-order valence-corrected chi connectivity index (χ3v) is 3.23. The van der Waals surface area contributed by atoms with Gasteiger partial charge in [-0.3, -0.25) is 4.79 Å². The van der Waals surface area contributed by atoms with E-state index in [2.05, 4.69) is 31.2 Å². The predicted octanol–water partition coefficient (Wildman–Crippen LogP) is 2.19. The molecule has 0 heterocycles. The van der Waals surface area contributed by atoms with Crippen LogP contribution >= 0.6 is 0 Å². The van der Waals surface area contributed by atoms with Crippen molar-refractivity contribution in [3.05, 3.63) is 35.4 Å². The zero-order valence-corrected chi connectivity index (χ0v) is 11.8. The Kier molecular flexibility index (Phi) is 5.35. The van der Waals surface area contributed by atoms with Crippen LogP contribution in [0.5, 0.6) is 0 Å². The zero-order valence-electron chi connectivity index (χ0n) is 11.8. The molecule has 0 aliphatic carbocycles. The highest BCUT2D eigenvalue weighted by atomic mass is 16.2. The predicted molar refractivity (Wildman–Crippen MR) is 75.1 cm³/mol. The molecule has 0 fully saturated rings. The summed E-state index contributed by atoms with van der Waals surface area (Å²) in [6.07, 6.45) is 1.03. The van der Waals surface area contributed by atoms with Gasteiger partial charge in [0.1, 0.15) is 0 Å². The molecule has 1 amide bonds. The topological polar surface area (TPSA) is 46.3 Å². The number of nitrogens with two attached hydrogens (primary N) is 1. The number of hydrogen-bond donors (Lipinski definition) is 1. The number of aryl methyl sites for hydroxylation is 1. The molecule has 3 nitrogen and oxygen atoms in total. The average Bonchev–Trinajstić information content (AvgIpc) is 2.37. The van der Waals surface area contributed by atoms with E-state index in [0.717, 1.165) is 12.0 Å². The number of rotatable bonds is 5. The van der Waals surface area contributed by atoms with Crippen molar-refractivity contribution in [1.29, 1.82) is 0 Å². The smallest absolute Gasteiger partial charge is 0.239 e. The van der Waals surface area contributed by atoms with Crippen LogP contribution in [0.25, 0.3) is 0 Å². The first kappa shape index (κ1) is 14.7. The Morgan fingerprint density at radius 2 is 1.72 bits per heavy atom. The van der Waals surface area contributed by atoms with E-state index in [4.69, 9.17) is 5.73 Å². The van der Waals surface area contributed by atoms with Crippen molar-refractivity contribution in [2.75, 3.05) is 7.05 Å². The van der Waals surface area contributed by atoms with Crippen molar-refractivity contribution in [2.45, 2.75) is 39.8 Å². The summed E-state index contributed by atoms with van der Waals surface area (Å²) in [6.45, 7) is 6.68. The van der Waals surface area contributed by atoms with Crippen LogP contribution in [-0.4, -0.2) is 23.9 Å². The molecule has 2 N–H and O–H groups in total. The van der Waals surface area contributed by atoms with Crippen molar-refractivity contribution in [1.82, 2.24) is 4.90 Å². The van der Waals surface area contributed by atoms with Crippen LogP contribution < -0.4 is 5.73 Å². The standard InChI is InChI=1S/C15H24N2O/c1-5-12-6-8-13(9-7-12)10-17(4)15(18)14(16)11(2)3/h6-9,11,14H,5,10,16H2,1-4H3. The van der Waals surface area contributed by atoms with Gasteiger partial charge in [-0.05, 0) is 23.5 Å². The van der Waals surface area contributed by atoms with E-state index >= 15 is 0 Å². The number of hydrogen-bond acceptors (Lipinski definition) is 2.